The van der Waals surface area contributed by atoms with Crippen LogP contribution in [0.2, 0.25) is 0 Å². The molecule has 1 aliphatic heterocycles. The van der Waals surface area contributed by atoms with Crippen molar-refractivity contribution < 1.29 is 14.2 Å². The second-order valence-electron chi connectivity index (χ2n) is 5.01. The topological polar surface area (TPSA) is 65.7 Å². The molecule has 1 aliphatic rings. The SMILES string of the molecule is COc1cc(NC2CCOCC2)c(N)cc1OCCCCl. The van der Waals surface area contributed by atoms with Crippen molar-refractivity contribution in [1.29, 1.82) is 0 Å². The number of nitrogen functional groups attached to an aromatic ring is 1. The number of halogens is 1. The first-order valence-corrected chi connectivity index (χ1v) is 7.78. The number of hydrogen-bond donors (Lipinski definition) is 2. The number of alkyl halides is 1. The zero-order valence-electron chi connectivity index (χ0n) is 12.4. The van der Waals surface area contributed by atoms with E-state index in [1.165, 1.54) is 0 Å². The third-order valence-electron chi connectivity index (χ3n) is 3.45. The fourth-order valence-corrected chi connectivity index (χ4v) is 2.38. The molecule has 1 aromatic rings. The van der Waals surface area contributed by atoms with Gasteiger partial charge in [0.25, 0.3) is 0 Å². The summed E-state index contributed by atoms with van der Waals surface area (Å²) >= 11 is 5.65. The molecule has 1 saturated heterocycles. The number of nitrogens with one attached hydrogen (secondary N) is 1. The molecule has 2 rings (SSSR count). The van der Waals surface area contributed by atoms with Crippen LogP contribution in [0.3, 0.4) is 0 Å². The average molecular weight is 315 g/mol. The fourth-order valence-electron chi connectivity index (χ4n) is 2.27. The van der Waals surface area contributed by atoms with Crippen LogP contribution in [0.5, 0.6) is 11.5 Å². The molecule has 118 valence electrons. The van der Waals surface area contributed by atoms with Crippen molar-refractivity contribution in [3.05, 3.63) is 12.1 Å². The zero-order valence-corrected chi connectivity index (χ0v) is 13.1. The number of anilines is 2. The van der Waals surface area contributed by atoms with E-state index < -0.39 is 0 Å². The highest BCUT2D eigenvalue weighted by Gasteiger charge is 2.16. The first-order chi connectivity index (χ1) is 10.2. The average Bonchev–Trinajstić information content (AvgIpc) is 2.51. The Labute approximate surface area is 130 Å². The van der Waals surface area contributed by atoms with Crippen LogP contribution in [-0.2, 0) is 4.74 Å². The second kappa shape index (κ2) is 8.20. The lowest BCUT2D eigenvalue weighted by Gasteiger charge is -2.25. The summed E-state index contributed by atoms with van der Waals surface area (Å²) in [5.41, 5.74) is 7.64. The molecule has 21 heavy (non-hydrogen) atoms. The van der Waals surface area contributed by atoms with Crippen LogP contribution in [0.25, 0.3) is 0 Å². The minimum absolute atomic E-state index is 0.383. The van der Waals surface area contributed by atoms with Crippen LogP contribution in [-0.4, -0.2) is 38.9 Å². The van der Waals surface area contributed by atoms with Gasteiger partial charge in [-0.05, 0) is 19.3 Å². The van der Waals surface area contributed by atoms with Crippen LogP contribution in [0.4, 0.5) is 11.4 Å². The summed E-state index contributed by atoms with van der Waals surface area (Å²) in [7, 11) is 1.62. The van der Waals surface area contributed by atoms with Crippen LogP contribution < -0.4 is 20.5 Å². The molecule has 6 heteroatoms. The molecule has 5 nitrogen and oxygen atoms in total. The van der Waals surface area contributed by atoms with E-state index in [-0.39, 0.29) is 0 Å². The van der Waals surface area contributed by atoms with Gasteiger partial charge in [0.05, 0.1) is 25.1 Å². The number of hydrogen-bond acceptors (Lipinski definition) is 5. The van der Waals surface area contributed by atoms with E-state index in [1.807, 2.05) is 6.07 Å². The zero-order chi connectivity index (χ0) is 15.1. The van der Waals surface area contributed by atoms with E-state index in [4.69, 9.17) is 31.5 Å². The minimum atomic E-state index is 0.383. The number of rotatable bonds is 7. The summed E-state index contributed by atoms with van der Waals surface area (Å²) in [6.45, 7) is 2.12. The Morgan fingerprint density at radius 1 is 1.33 bits per heavy atom. The first-order valence-electron chi connectivity index (χ1n) is 7.25. The van der Waals surface area contributed by atoms with Gasteiger partial charge >= 0.3 is 0 Å². The Kier molecular flexibility index (Phi) is 6.26. The first kappa shape index (κ1) is 16.0. The summed E-state index contributed by atoms with van der Waals surface area (Å²) < 4.78 is 16.4. The van der Waals surface area contributed by atoms with E-state index in [9.17, 15) is 0 Å². The summed E-state index contributed by atoms with van der Waals surface area (Å²) in [4.78, 5) is 0. The van der Waals surface area contributed by atoms with Gasteiger partial charge in [-0.3, -0.25) is 0 Å². The van der Waals surface area contributed by atoms with Crippen molar-refractivity contribution in [2.75, 3.05) is 43.9 Å². The minimum Gasteiger partial charge on any atom is -0.493 e. The standard InChI is InChI=1S/C15H23ClN2O3/c1-19-14-10-13(18-11-3-7-20-8-4-11)12(17)9-15(14)21-6-2-5-16/h9-11,18H,2-8,17H2,1H3. The van der Waals surface area contributed by atoms with Crippen LogP contribution in [0.15, 0.2) is 12.1 Å². The second-order valence-corrected chi connectivity index (χ2v) is 5.39. The predicted molar refractivity (Wildman–Crippen MR) is 85.7 cm³/mol. The Morgan fingerprint density at radius 3 is 2.76 bits per heavy atom. The Bertz CT molecular complexity index is 451. The monoisotopic (exact) mass is 314 g/mol. The van der Waals surface area contributed by atoms with Crippen molar-refractivity contribution in [2.24, 2.45) is 0 Å². The maximum absolute atomic E-state index is 6.11. The molecule has 0 atom stereocenters. The highest BCUT2D eigenvalue weighted by Crippen LogP contribution is 2.36. The predicted octanol–water partition coefficient (Wildman–Crippen LogP) is 2.88. The molecule has 0 unspecified atom stereocenters. The quantitative estimate of drug-likeness (QED) is 0.460. The largest absolute Gasteiger partial charge is 0.493 e. The molecule has 1 heterocycles. The highest BCUT2D eigenvalue weighted by molar-refractivity contribution is 6.17. The van der Waals surface area contributed by atoms with Crippen molar-refractivity contribution in [3.63, 3.8) is 0 Å². The lowest BCUT2D eigenvalue weighted by molar-refractivity contribution is 0.0904. The third kappa shape index (κ3) is 4.58. The van der Waals surface area contributed by atoms with Crippen molar-refractivity contribution >= 4 is 23.0 Å². The van der Waals surface area contributed by atoms with Gasteiger partial charge in [0.15, 0.2) is 11.5 Å². The molecule has 0 saturated carbocycles. The van der Waals surface area contributed by atoms with Crippen molar-refractivity contribution in [2.45, 2.75) is 25.3 Å². The van der Waals surface area contributed by atoms with Crippen LogP contribution >= 0.6 is 11.6 Å². The normalized spacial score (nSPS) is 15.7. The molecule has 1 fully saturated rings. The number of nitrogens with two attached hydrogens (primary N) is 1. The number of benzene rings is 1. The number of ether oxygens (including phenoxy) is 3. The number of methoxy groups -OCH3 is 1. The van der Waals surface area contributed by atoms with Gasteiger partial charge in [-0.2, -0.15) is 0 Å². The van der Waals surface area contributed by atoms with Gasteiger partial charge in [-0.15, -0.1) is 11.6 Å². The highest BCUT2D eigenvalue weighted by atomic mass is 35.5. The van der Waals surface area contributed by atoms with Gasteiger partial charge in [0.2, 0.25) is 0 Å². The van der Waals surface area contributed by atoms with E-state index in [2.05, 4.69) is 5.32 Å². The third-order valence-corrected chi connectivity index (χ3v) is 3.72. The van der Waals surface area contributed by atoms with Gasteiger partial charge in [0, 0.05) is 37.3 Å². The van der Waals surface area contributed by atoms with Gasteiger partial charge in [0.1, 0.15) is 0 Å². The molecule has 0 amide bonds. The Balaban J connectivity index is 2.07. The summed E-state index contributed by atoms with van der Waals surface area (Å²) in [5, 5.41) is 3.46. The summed E-state index contributed by atoms with van der Waals surface area (Å²) in [6.07, 6.45) is 2.75. The molecule has 0 bridgehead atoms. The fraction of sp³-hybridized carbons (Fsp3) is 0.600. The maximum atomic E-state index is 6.11. The van der Waals surface area contributed by atoms with Gasteiger partial charge in [-0.1, -0.05) is 0 Å². The molecule has 0 aromatic heterocycles. The van der Waals surface area contributed by atoms with Crippen LogP contribution in [0, 0.1) is 0 Å². The molecule has 0 spiro atoms. The van der Waals surface area contributed by atoms with Gasteiger partial charge in [-0.25, -0.2) is 0 Å². The molecular weight excluding hydrogens is 292 g/mol. The Morgan fingerprint density at radius 2 is 2.10 bits per heavy atom. The van der Waals surface area contributed by atoms with Crippen LogP contribution in [0.1, 0.15) is 19.3 Å². The van der Waals surface area contributed by atoms with E-state index >= 15 is 0 Å². The summed E-state index contributed by atoms with van der Waals surface area (Å²) in [5.74, 6) is 1.90. The molecule has 0 radical (unpaired) electrons. The van der Waals surface area contributed by atoms with E-state index in [0.29, 0.717) is 35.7 Å². The molecule has 3 N–H and O–H groups in total. The lowest BCUT2D eigenvalue weighted by Crippen LogP contribution is -2.28. The van der Waals surface area contributed by atoms with E-state index in [1.54, 1.807) is 13.2 Å². The summed E-state index contributed by atoms with van der Waals surface area (Å²) in [6, 6.07) is 4.07. The maximum Gasteiger partial charge on any atom is 0.163 e. The van der Waals surface area contributed by atoms with E-state index in [0.717, 1.165) is 38.2 Å². The molecular formula is C15H23ClN2O3. The molecule has 0 aliphatic carbocycles. The van der Waals surface area contributed by atoms with Crippen molar-refractivity contribution in [1.82, 2.24) is 0 Å². The van der Waals surface area contributed by atoms with Gasteiger partial charge < -0.3 is 25.3 Å². The smallest absolute Gasteiger partial charge is 0.163 e. The van der Waals surface area contributed by atoms with Crippen molar-refractivity contribution in [3.8, 4) is 11.5 Å². The lowest BCUT2D eigenvalue weighted by atomic mass is 10.1. The molecule has 1 aromatic carbocycles. The Hall–Kier alpha value is -1.33.